The molecular weight excluding hydrogens is 242 g/mol. The fourth-order valence-corrected chi connectivity index (χ4v) is 2.00. The highest BCUT2D eigenvalue weighted by atomic mass is 16.4. The van der Waals surface area contributed by atoms with Gasteiger partial charge in [0.2, 0.25) is 5.89 Å². The minimum absolute atomic E-state index is 0.0635. The lowest BCUT2D eigenvalue weighted by atomic mass is 10.1. The highest BCUT2D eigenvalue weighted by Gasteiger charge is 2.19. The average Bonchev–Trinajstić information content (AvgIpc) is 2.87. The maximum Gasteiger partial charge on any atom is 0.216 e. The van der Waals surface area contributed by atoms with E-state index < -0.39 is 0 Å². The third kappa shape index (κ3) is 2.57. The number of rotatable bonds is 4. The van der Waals surface area contributed by atoms with Crippen LogP contribution in [0.2, 0.25) is 0 Å². The van der Waals surface area contributed by atoms with E-state index in [1.165, 1.54) is 0 Å². The first kappa shape index (κ1) is 13.5. The molecule has 2 rings (SSSR count). The summed E-state index contributed by atoms with van der Waals surface area (Å²) in [4.78, 5) is 4.21. The van der Waals surface area contributed by atoms with Crippen LogP contribution in [0.4, 0.5) is 11.5 Å². The van der Waals surface area contributed by atoms with Gasteiger partial charge in [0.05, 0.1) is 17.6 Å². The van der Waals surface area contributed by atoms with Crippen molar-refractivity contribution in [2.75, 3.05) is 11.1 Å². The summed E-state index contributed by atoms with van der Waals surface area (Å²) in [5.41, 5.74) is 7.73. The standard InChI is InChI=1S/C13H21N5O/c1-7(2)11-10(14)12(18(5)17-11)16-9(4)13-15-6-8(3)19-13/h6-7,9,16H,14H2,1-5H3. The smallest absolute Gasteiger partial charge is 0.216 e. The number of aromatic nitrogens is 3. The molecule has 0 saturated heterocycles. The molecule has 0 aliphatic heterocycles. The number of nitrogens with zero attached hydrogens (tertiary/aromatic N) is 3. The van der Waals surface area contributed by atoms with Crippen molar-refractivity contribution in [2.24, 2.45) is 7.05 Å². The van der Waals surface area contributed by atoms with Gasteiger partial charge in [0.25, 0.3) is 0 Å². The van der Waals surface area contributed by atoms with Gasteiger partial charge >= 0.3 is 0 Å². The number of oxazole rings is 1. The first-order chi connectivity index (χ1) is 8.90. The van der Waals surface area contributed by atoms with Gasteiger partial charge < -0.3 is 15.5 Å². The Morgan fingerprint density at radius 2 is 2.05 bits per heavy atom. The van der Waals surface area contributed by atoms with Gasteiger partial charge in [-0.25, -0.2) is 4.98 Å². The summed E-state index contributed by atoms with van der Waals surface area (Å²) in [6.07, 6.45) is 1.71. The van der Waals surface area contributed by atoms with E-state index in [2.05, 4.69) is 29.2 Å². The van der Waals surface area contributed by atoms with Crippen molar-refractivity contribution in [1.82, 2.24) is 14.8 Å². The van der Waals surface area contributed by atoms with Gasteiger partial charge in [-0.1, -0.05) is 13.8 Å². The second-order valence-electron chi connectivity index (χ2n) is 5.10. The van der Waals surface area contributed by atoms with Crippen LogP contribution in [0, 0.1) is 6.92 Å². The lowest BCUT2D eigenvalue weighted by Gasteiger charge is -2.12. The summed E-state index contributed by atoms with van der Waals surface area (Å²) in [5, 5.41) is 7.74. The number of aryl methyl sites for hydroxylation is 2. The molecule has 6 nitrogen and oxygen atoms in total. The molecule has 0 fully saturated rings. The molecule has 0 aromatic carbocycles. The van der Waals surface area contributed by atoms with Gasteiger partial charge in [0.1, 0.15) is 17.6 Å². The summed E-state index contributed by atoms with van der Waals surface area (Å²) in [6, 6.07) is -0.0635. The summed E-state index contributed by atoms with van der Waals surface area (Å²) >= 11 is 0. The minimum atomic E-state index is -0.0635. The summed E-state index contributed by atoms with van der Waals surface area (Å²) in [7, 11) is 1.87. The highest BCUT2D eigenvalue weighted by Crippen LogP contribution is 2.30. The normalized spacial score (nSPS) is 12.9. The van der Waals surface area contributed by atoms with Gasteiger partial charge in [0.15, 0.2) is 0 Å². The van der Waals surface area contributed by atoms with E-state index >= 15 is 0 Å². The maximum atomic E-state index is 6.14. The summed E-state index contributed by atoms with van der Waals surface area (Å²) < 4.78 is 7.27. The largest absolute Gasteiger partial charge is 0.444 e. The summed E-state index contributed by atoms with van der Waals surface area (Å²) in [5.74, 6) is 2.53. The zero-order valence-corrected chi connectivity index (χ0v) is 12.1. The van der Waals surface area contributed by atoms with Crippen molar-refractivity contribution < 1.29 is 4.42 Å². The van der Waals surface area contributed by atoms with Gasteiger partial charge in [-0.15, -0.1) is 0 Å². The highest BCUT2D eigenvalue weighted by molar-refractivity contribution is 5.66. The molecule has 2 heterocycles. The molecule has 0 amide bonds. The lowest BCUT2D eigenvalue weighted by Crippen LogP contribution is -2.11. The number of hydrogen-bond donors (Lipinski definition) is 2. The van der Waals surface area contributed by atoms with Crippen molar-refractivity contribution >= 4 is 11.5 Å². The van der Waals surface area contributed by atoms with Crippen molar-refractivity contribution in [3.05, 3.63) is 23.5 Å². The topological polar surface area (TPSA) is 81.9 Å². The van der Waals surface area contributed by atoms with Crippen molar-refractivity contribution in [3.63, 3.8) is 0 Å². The Bertz CT molecular complexity index is 570. The molecule has 2 aromatic rings. The number of nitrogen functional groups attached to an aromatic ring is 1. The van der Waals surface area contributed by atoms with Crippen LogP contribution in [0.15, 0.2) is 10.6 Å². The lowest BCUT2D eigenvalue weighted by molar-refractivity contribution is 0.452. The van der Waals surface area contributed by atoms with Crippen LogP contribution in [0.3, 0.4) is 0 Å². The molecule has 0 spiro atoms. The number of hydrogen-bond acceptors (Lipinski definition) is 5. The molecule has 1 atom stereocenters. The SMILES string of the molecule is Cc1cnc(C(C)Nc2c(N)c(C(C)C)nn2C)o1. The predicted molar refractivity (Wildman–Crippen MR) is 75.0 cm³/mol. The molecular formula is C13H21N5O. The third-order valence-electron chi connectivity index (χ3n) is 3.02. The van der Waals surface area contributed by atoms with Crippen molar-refractivity contribution in [1.29, 1.82) is 0 Å². The van der Waals surface area contributed by atoms with Gasteiger partial charge in [0, 0.05) is 7.05 Å². The Kier molecular flexibility index (Phi) is 3.50. The van der Waals surface area contributed by atoms with Gasteiger partial charge in [-0.05, 0) is 19.8 Å². The van der Waals surface area contributed by atoms with Gasteiger partial charge in [-0.2, -0.15) is 5.10 Å². The number of nitrogens with one attached hydrogen (secondary N) is 1. The quantitative estimate of drug-likeness (QED) is 0.886. The molecule has 0 bridgehead atoms. The van der Waals surface area contributed by atoms with Crippen LogP contribution >= 0.6 is 0 Å². The van der Waals surface area contributed by atoms with E-state index in [0.29, 0.717) is 17.5 Å². The van der Waals surface area contributed by atoms with Crippen LogP contribution in [0.1, 0.15) is 50.1 Å². The minimum Gasteiger partial charge on any atom is -0.444 e. The zero-order valence-electron chi connectivity index (χ0n) is 12.1. The van der Waals surface area contributed by atoms with Crippen molar-refractivity contribution in [3.8, 4) is 0 Å². The van der Waals surface area contributed by atoms with E-state index in [1.807, 2.05) is 20.9 Å². The molecule has 0 radical (unpaired) electrons. The number of nitrogens with two attached hydrogens (primary N) is 1. The Labute approximate surface area is 113 Å². The third-order valence-corrected chi connectivity index (χ3v) is 3.02. The monoisotopic (exact) mass is 263 g/mol. The maximum absolute atomic E-state index is 6.14. The van der Waals surface area contributed by atoms with E-state index in [9.17, 15) is 0 Å². The first-order valence-corrected chi connectivity index (χ1v) is 6.41. The molecule has 1 unspecified atom stereocenters. The molecule has 0 aliphatic carbocycles. The average molecular weight is 263 g/mol. The van der Waals surface area contributed by atoms with Gasteiger partial charge in [-0.3, -0.25) is 4.68 Å². The van der Waals surface area contributed by atoms with E-state index in [4.69, 9.17) is 10.2 Å². The van der Waals surface area contributed by atoms with Crippen LogP contribution in [0.25, 0.3) is 0 Å². The second-order valence-corrected chi connectivity index (χ2v) is 5.10. The molecule has 104 valence electrons. The molecule has 6 heteroatoms. The second kappa shape index (κ2) is 4.95. The Balaban J connectivity index is 2.24. The molecule has 0 saturated carbocycles. The molecule has 3 N–H and O–H groups in total. The molecule has 19 heavy (non-hydrogen) atoms. The zero-order chi connectivity index (χ0) is 14.2. The molecule has 2 aromatic heterocycles. The van der Waals surface area contributed by atoms with E-state index in [0.717, 1.165) is 17.3 Å². The van der Waals surface area contributed by atoms with Crippen LogP contribution in [-0.4, -0.2) is 14.8 Å². The fourth-order valence-electron chi connectivity index (χ4n) is 2.00. The predicted octanol–water partition coefficient (Wildman–Crippen LogP) is 2.60. The molecule has 0 aliphatic rings. The van der Waals surface area contributed by atoms with Crippen LogP contribution in [-0.2, 0) is 7.05 Å². The Morgan fingerprint density at radius 1 is 1.37 bits per heavy atom. The Morgan fingerprint density at radius 3 is 2.53 bits per heavy atom. The first-order valence-electron chi connectivity index (χ1n) is 6.41. The summed E-state index contributed by atoms with van der Waals surface area (Å²) in [6.45, 7) is 8.00. The van der Waals surface area contributed by atoms with Crippen LogP contribution in [0.5, 0.6) is 0 Å². The van der Waals surface area contributed by atoms with E-state index in [-0.39, 0.29) is 6.04 Å². The fraction of sp³-hybridized carbons (Fsp3) is 0.538. The number of anilines is 2. The Hall–Kier alpha value is -1.98. The van der Waals surface area contributed by atoms with Crippen LogP contribution < -0.4 is 11.1 Å². The van der Waals surface area contributed by atoms with E-state index in [1.54, 1.807) is 10.9 Å². The van der Waals surface area contributed by atoms with Crippen molar-refractivity contribution in [2.45, 2.75) is 39.7 Å².